The summed E-state index contributed by atoms with van der Waals surface area (Å²) in [6.07, 6.45) is 0. The molecule has 1 saturated heterocycles. The van der Waals surface area contributed by atoms with Crippen molar-refractivity contribution in [1.29, 1.82) is 0 Å². The highest BCUT2D eigenvalue weighted by atomic mass is 16.6. The molecule has 3 rings (SSSR count). The van der Waals surface area contributed by atoms with E-state index in [9.17, 15) is 19.7 Å². The number of piperazine rings is 1. The Morgan fingerprint density at radius 3 is 2.44 bits per heavy atom. The van der Waals surface area contributed by atoms with Crippen LogP contribution in [0.4, 0.5) is 5.69 Å². The molecule has 1 amide bonds. The summed E-state index contributed by atoms with van der Waals surface area (Å²) in [5.74, 6) is -1.20. The number of nitrogens with one attached hydrogen (secondary N) is 1. The molecule has 170 valence electrons. The maximum absolute atomic E-state index is 12.7. The highest BCUT2D eigenvalue weighted by Gasteiger charge is 2.19. The molecule has 32 heavy (non-hydrogen) atoms. The van der Waals surface area contributed by atoms with E-state index in [1.807, 2.05) is 12.1 Å². The van der Waals surface area contributed by atoms with E-state index >= 15 is 0 Å². The molecular formula is C23H28N4O5. The molecule has 0 unspecified atom stereocenters. The molecule has 1 aliphatic heterocycles. The van der Waals surface area contributed by atoms with Crippen molar-refractivity contribution < 1.29 is 19.2 Å². The Labute approximate surface area is 187 Å². The third-order valence-corrected chi connectivity index (χ3v) is 5.35. The minimum atomic E-state index is -0.707. The fourth-order valence-electron chi connectivity index (χ4n) is 3.57. The number of likely N-dealkylation sites (N-methyl/N-ethyl adjacent to an activating group) is 1. The Bertz CT molecular complexity index is 986. The molecule has 9 nitrogen and oxygen atoms in total. The number of carbonyl (C=O) groups excluding carboxylic acids is 2. The minimum Gasteiger partial charge on any atom is -0.462 e. The Morgan fingerprint density at radius 1 is 1.06 bits per heavy atom. The molecule has 1 N–H and O–H groups in total. The van der Waals surface area contributed by atoms with Crippen molar-refractivity contribution in [2.45, 2.75) is 20.0 Å². The molecular weight excluding hydrogens is 412 g/mol. The molecule has 0 atom stereocenters. The van der Waals surface area contributed by atoms with Crippen molar-refractivity contribution in [3.63, 3.8) is 0 Å². The van der Waals surface area contributed by atoms with Crippen LogP contribution in [0.1, 0.15) is 38.8 Å². The third-order valence-electron chi connectivity index (χ3n) is 5.35. The molecule has 0 saturated carbocycles. The van der Waals surface area contributed by atoms with Crippen LogP contribution >= 0.6 is 0 Å². The van der Waals surface area contributed by atoms with Gasteiger partial charge in [-0.3, -0.25) is 19.8 Å². The van der Waals surface area contributed by atoms with Gasteiger partial charge >= 0.3 is 5.97 Å². The summed E-state index contributed by atoms with van der Waals surface area (Å²) < 4.78 is 4.91. The highest BCUT2D eigenvalue weighted by molar-refractivity contribution is 5.99. The second-order valence-corrected chi connectivity index (χ2v) is 7.83. The smallest absolute Gasteiger partial charge is 0.338 e. The van der Waals surface area contributed by atoms with Crippen LogP contribution in [-0.2, 0) is 17.8 Å². The first-order chi connectivity index (χ1) is 15.4. The van der Waals surface area contributed by atoms with Crippen LogP contribution in [0.5, 0.6) is 0 Å². The number of esters is 1. The van der Waals surface area contributed by atoms with Crippen molar-refractivity contribution in [2.24, 2.45) is 0 Å². The molecule has 9 heteroatoms. The Morgan fingerprint density at radius 2 is 1.75 bits per heavy atom. The molecule has 0 aromatic heterocycles. The normalized spacial score (nSPS) is 14.7. The molecule has 1 heterocycles. The number of amides is 1. The number of hydrogen-bond donors (Lipinski definition) is 1. The van der Waals surface area contributed by atoms with Gasteiger partial charge in [-0.1, -0.05) is 24.3 Å². The van der Waals surface area contributed by atoms with Gasteiger partial charge in [0.25, 0.3) is 11.6 Å². The van der Waals surface area contributed by atoms with Crippen molar-refractivity contribution in [1.82, 2.24) is 15.1 Å². The largest absolute Gasteiger partial charge is 0.462 e. The van der Waals surface area contributed by atoms with Crippen LogP contribution in [-0.4, -0.2) is 66.4 Å². The van der Waals surface area contributed by atoms with Crippen LogP contribution in [0.3, 0.4) is 0 Å². The van der Waals surface area contributed by atoms with E-state index < -0.39 is 16.8 Å². The lowest BCUT2D eigenvalue weighted by Crippen LogP contribution is -2.43. The van der Waals surface area contributed by atoms with Gasteiger partial charge in [-0.15, -0.1) is 0 Å². The predicted molar refractivity (Wildman–Crippen MR) is 119 cm³/mol. The lowest BCUT2D eigenvalue weighted by Gasteiger charge is -2.32. The molecule has 2 aromatic rings. The first kappa shape index (κ1) is 23.4. The van der Waals surface area contributed by atoms with E-state index in [4.69, 9.17) is 4.74 Å². The Balaban J connectivity index is 1.66. The molecule has 0 aliphatic carbocycles. The van der Waals surface area contributed by atoms with Gasteiger partial charge in [0, 0.05) is 57.0 Å². The number of hydrogen-bond acceptors (Lipinski definition) is 7. The minimum absolute atomic E-state index is 0.0274. The number of non-ortho nitro benzene ring substituents is 1. The monoisotopic (exact) mass is 440 g/mol. The Hall–Kier alpha value is -3.30. The van der Waals surface area contributed by atoms with Crippen LogP contribution in [0, 0.1) is 10.1 Å². The van der Waals surface area contributed by atoms with Gasteiger partial charge in [-0.2, -0.15) is 0 Å². The zero-order chi connectivity index (χ0) is 23.1. The summed E-state index contributed by atoms with van der Waals surface area (Å²) in [5.41, 5.74) is 1.77. The van der Waals surface area contributed by atoms with Crippen LogP contribution in [0.15, 0.2) is 42.5 Å². The molecule has 0 spiro atoms. The Kier molecular flexibility index (Phi) is 7.91. The van der Waals surface area contributed by atoms with E-state index in [2.05, 4.69) is 34.3 Å². The van der Waals surface area contributed by atoms with Crippen molar-refractivity contribution in [3.05, 3.63) is 74.8 Å². The number of nitro groups is 1. The standard InChI is InChI=1S/C23H28N4O5/c1-3-32-23(29)20-12-19(13-21(14-20)27(30)31)22(28)24-15-17-5-4-6-18(11-17)16-26-9-7-25(2)8-10-26/h4-6,11-14H,3,7-10,15-16H2,1-2H3,(H,24,28). The van der Waals surface area contributed by atoms with Gasteiger partial charge in [0.1, 0.15) is 0 Å². The van der Waals surface area contributed by atoms with Crippen molar-refractivity contribution >= 4 is 17.6 Å². The summed E-state index contributed by atoms with van der Waals surface area (Å²) in [7, 11) is 2.12. The average molecular weight is 441 g/mol. The number of nitro benzene ring substituents is 1. The quantitative estimate of drug-likeness (QED) is 0.382. The van der Waals surface area contributed by atoms with Crippen LogP contribution in [0.25, 0.3) is 0 Å². The SMILES string of the molecule is CCOC(=O)c1cc(C(=O)NCc2cccc(CN3CCN(C)CC3)c2)cc([N+](=O)[O-])c1. The molecule has 2 aromatic carbocycles. The summed E-state index contributed by atoms with van der Waals surface area (Å²) in [6, 6.07) is 11.6. The van der Waals surface area contributed by atoms with Gasteiger partial charge in [0.15, 0.2) is 0 Å². The first-order valence-electron chi connectivity index (χ1n) is 10.6. The topological polar surface area (TPSA) is 105 Å². The maximum Gasteiger partial charge on any atom is 0.338 e. The first-order valence-corrected chi connectivity index (χ1v) is 10.6. The lowest BCUT2D eigenvalue weighted by atomic mass is 10.1. The van der Waals surface area contributed by atoms with E-state index in [0.29, 0.717) is 0 Å². The lowest BCUT2D eigenvalue weighted by molar-refractivity contribution is -0.384. The van der Waals surface area contributed by atoms with E-state index in [0.717, 1.165) is 50.4 Å². The number of benzene rings is 2. The van der Waals surface area contributed by atoms with E-state index in [-0.39, 0.29) is 30.0 Å². The summed E-state index contributed by atoms with van der Waals surface area (Å²) in [5, 5.41) is 14.0. The van der Waals surface area contributed by atoms with E-state index in [1.165, 1.54) is 11.6 Å². The molecule has 0 bridgehead atoms. The van der Waals surface area contributed by atoms with Gasteiger partial charge < -0.3 is 15.0 Å². The summed E-state index contributed by atoms with van der Waals surface area (Å²) >= 11 is 0. The average Bonchev–Trinajstić information content (AvgIpc) is 2.79. The summed E-state index contributed by atoms with van der Waals surface area (Å²) in [6.45, 7) is 7.03. The van der Waals surface area contributed by atoms with Gasteiger partial charge in [0.2, 0.25) is 0 Å². The van der Waals surface area contributed by atoms with Crippen molar-refractivity contribution in [2.75, 3.05) is 39.8 Å². The highest BCUT2D eigenvalue weighted by Crippen LogP contribution is 2.19. The zero-order valence-electron chi connectivity index (χ0n) is 18.4. The second-order valence-electron chi connectivity index (χ2n) is 7.83. The van der Waals surface area contributed by atoms with Crippen molar-refractivity contribution in [3.8, 4) is 0 Å². The number of nitrogens with zero attached hydrogens (tertiary/aromatic N) is 3. The van der Waals surface area contributed by atoms with Crippen LogP contribution < -0.4 is 5.32 Å². The fourth-order valence-corrected chi connectivity index (χ4v) is 3.57. The summed E-state index contributed by atoms with van der Waals surface area (Å²) in [4.78, 5) is 40.0. The molecule has 0 radical (unpaired) electrons. The predicted octanol–water partition coefficient (Wildman–Crippen LogP) is 2.45. The number of carbonyl (C=O) groups is 2. The third kappa shape index (κ3) is 6.35. The molecule has 1 aliphatic rings. The fraction of sp³-hybridized carbons (Fsp3) is 0.391. The van der Waals surface area contributed by atoms with Gasteiger partial charge in [0.05, 0.1) is 17.1 Å². The van der Waals surface area contributed by atoms with Gasteiger partial charge in [-0.05, 0) is 31.2 Å². The maximum atomic E-state index is 12.7. The van der Waals surface area contributed by atoms with E-state index in [1.54, 1.807) is 6.92 Å². The zero-order valence-corrected chi connectivity index (χ0v) is 18.4. The second kappa shape index (κ2) is 10.8. The molecule has 1 fully saturated rings. The number of ether oxygens (including phenoxy) is 1. The van der Waals surface area contributed by atoms with Gasteiger partial charge in [-0.25, -0.2) is 4.79 Å². The number of rotatable bonds is 8. The van der Waals surface area contributed by atoms with Crippen LogP contribution in [0.2, 0.25) is 0 Å².